The first-order valence-corrected chi connectivity index (χ1v) is 12.5. The number of amides is 1. The Labute approximate surface area is 219 Å². The van der Waals surface area contributed by atoms with E-state index in [0.29, 0.717) is 11.1 Å². The SMILES string of the molecule is O=C(Nc1ccc(-c2ccc3ncc(N4CCN(c5ccncc5)CC4)nc3c2)cc1F)c1ccccc1. The second-order valence-corrected chi connectivity index (χ2v) is 9.13. The largest absolute Gasteiger partial charge is 0.368 e. The van der Waals surface area contributed by atoms with E-state index in [1.165, 1.54) is 11.8 Å². The van der Waals surface area contributed by atoms with Crippen molar-refractivity contribution in [3.8, 4) is 11.1 Å². The molecule has 2 aromatic heterocycles. The van der Waals surface area contributed by atoms with Crippen molar-refractivity contribution in [1.29, 1.82) is 0 Å². The number of anilines is 3. The predicted molar refractivity (Wildman–Crippen MR) is 148 cm³/mol. The van der Waals surface area contributed by atoms with Crippen LogP contribution in [0.15, 0.2) is 97.5 Å². The van der Waals surface area contributed by atoms with Crippen LogP contribution in [-0.4, -0.2) is 47.0 Å². The molecule has 1 aliphatic rings. The third-order valence-corrected chi connectivity index (χ3v) is 6.75. The molecule has 1 saturated heterocycles. The second kappa shape index (κ2) is 10.3. The minimum atomic E-state index is -0.501. The quantitative estimate of drug-likeness (QED) is 0.345. The number of piperazine rings is 1. The van der Waals surface area contributed by atoms with Crippen molar-refractivity contribution in [3.63, 3.8) is 0 Å². The van der Waals surface area contributed by atoms with Gasteiger partial charge in [0.25, 0.3) is 5.91 Å². The summed E-state index contributed by atoms with van der Waals surface area (Å²) in [5.41, 5.74) is 4.83. The molecular formula is C30H25FN6O. The maximum atomic E-state index is 14.9. The fourth-order valence-electron chi connectivity index (χ4n) is 4.66. The number of hydrogen-bond acceptors (Lipinski definition) is 6. The van der Waals surface area contributed by atoms with E-state index in [-0.39, 0.29) is 11.6 Å². The van der Waals surface area contributed by atoms with Crippen LogP contribution in [-0.2, 0) is 0 Å². The average molecular weight is 505 g/mol. The highest BCUT2D eigenvalue weighted by atomic mass is 19.1. The third kappa shape index (κ3) is 4.88. The fourth-order valence-corrected chi connectivity index (χ4v) is 4.66. The molecule has 1 fully saturated rings. The van der Waals surface area contributed by atoms with Crippen molar-refractivity contribution in [2.45, 2.75) is 0 Å². The van der Waals surface area contributed by atoms with Gasteiger partial charge >= 0.3 is 0 Å². The summed E-state index contributed by atoms with van der Waals surface area (Å²) in [6, 6.07) is 23.3. The zero-order valence-corrected chi connectivity index (χ0v) is 20.6. The van der Waals surface area contributed by atoms with Crippen LogP contribution < -0.4 is 15.1 Å². The van der Waals surface area contributed by atoms with E-state index in [1.54, 1.807) is 36.4 Å². The molecule has 0 radical (unpaired) electrons. The van der Waals surface area contributed by atoms with E-state index in [9.17, 15) is 9.18 Å². The molecule has 0 bridgehead atoms. The summed E-state index contributed by atoms with van der Waals surface area (Å²) in [5, 5.41) is 2.64. The molecule has 5 aromatic rings. The number of halogens is 1. The van der Waals surface area contributed by atoms with Gasteiger partial charge in [-0.1, -0.05) is 30.3 Å². The molecule has 3 heterocycles. The molecule has 188 valence electrons. The zero-order valence-electron chi connectivity index (χ0n) is 20.6. The molecule has 0 spiro atoms. The van der Waals surface area contributed by atoms with Gasteiger partial charge in [0.05, 0.1) is 22.9 Å². The summed E-state index contributed by atoms with van der Waals surface area (Å²) in [7, 11) is 0. The van der Waals surface area contributed by atoms with Crippen LogP contribution in [0.2, 0.25) is 0 Å². The summed E-state index contributed by atoms with van der Waals surface area (Å²) in [6.45, 7) is 3.44. The predicted octanol–water partition coefficient (Wildman–Crippen LogP) is 5.41. The third-order valence-electron chi connectivity index (χ3n) is 6.75. The molecule has 38 heavy (non-hydrogen) atoms. The van der Waals surface area contributed by atoms with Gasteiger partial charge in [-0.05, 0) is 59.7 Å². The van der Waals surface area contributed by atoms with Crippen molar-refractivity contribution in [3.05, 3.63) is 109 Å². The van der Waals surface area contributed by atoms with Crippen LogP contribution in [0.1, 0.15) is 10.4 Å². The minimum Gasteiger partial charge on any atom is -0.368 e. The van der Waals surface area contributed by atoms with Crippen LogP contribution in [0, 0.1) is 5.82 Å². The Bertz CT molecular complexity index is 1590. The van der Waals surface area contributed by atoms with Gasteiger partial charge in [-0.15, -0.1) is 0 Å². The Kier molecular flexibility index (Phi) is 6.35. The number of carbonyl (C=O) groups is 1. The average Bonchev–Trinajstić information content (AvgIpc) is 2.98. The molecule has 0 saturated carbocycles. The highest BCUT2D eigenvalue weighted by Crippen LogP contribution is 2.28. The van der Waals surface area contributed by atoms with Gasteiger partial charge in [-0.25, -0.2) is 9.37 Å². The normalized spacial score (nSPS) is 13.5. The van der Waals surface area contributed by atoms with Crippen LogP contribution in [0.25, 0.3) is 22.2 Å². The van der Waals surface area contributed by atoms with Crippen molar-refractivity contribution < 1.29 is 9.18 Å². The highest BCUT2D eigenvalue weighted by Gasteiger charge is 2.19. The van der Waals surface area contributed by atoms with Crippen molar-refractivity contribution in [2.24, 2.45) is 0 Å². The Morgan fingerprint density at radius 2 is 1.50 bits per heavy atom. The summed E-state index contributed by atoms with van der Waals surface area (Å²) in [4.78, 5) is 30.6. The zero-order chi connectivity index (χ0) is 25.9. The number of benzene rings is 3. The van der Waals surface area contributed by atoms with E-state index < -0.39 is 5.82 Å². The molecule has 1 amide bonds. The number of hydrogen-bond donors (Lipinski definition) is 1. The molecule has 1 N–H and O–H groups in total. The van der Waals surface area contributed by atoms with E-state index >= 15 is 0 Å². The van der Waals surface area contributed by atoms with Crippen molar-refractivity contribution in [1.82, 2.24) is 15.0 Å². The molecule has 0 atom stereocenters. The summed E-state index contributed by atoms with van der Waals surface area (Å²) >= 11 is 0. The smallest absolute Gasteiger partial charge is 0.255 e. The monoisotopic (exact) mass is 504 g/mol. The van der Waals surface area contributed by atoms with Crippen LogP contribution in [0.5, 0.6) is 0 Å². The number of fused-ring (bicyclic) bond motifs is 1. The minimum absolute atomic E-state index is 0.136. The molecule has 8 heteroatoms. The van der Waals surface area contributed by atoms with Gasteiger partial charge in [0, 0.05) is 49.8 Å². The molecular weight excluding hydrogens is 479 g/mol. The van der Waals surface area contributed by atoms with E-state index in [2.05, 4.69) is 25.1 Å². The summed E-state index contributed by atoms with van der Waals surface area (Å²) in [6.07, 6.45) is 5.44. The molecule has 1 aliphatic heterocycles. The lowest BCUT2D eigenvalue weighted by Crippen LogP contribution is -2.46. The Morgan fingerprint density at radius 3 is 2.26 bits per heavy atom. The van der Waals surface area contributed by atoms with Gasteiger partial charge < -0.3 is 15.1 Å². The number of aromatic nitrogens is 3. The number of nitrogens with zero attached hydrogens (tertiary/aromatic N) is 5. The van der Waals surface area contributed by atoms with Crippen LogP contribution >= 0.6 is 0 Å². The lowest BCUT2D eigenvalue weighted by molar-refractivity contribution is 0.102. The van der Waals surface area contributed by atoms with Crippen molar-refractivity contribution >= 4 is 34.1 Å². The molecule has 0 unspecified atom stereocenters. The topological polar surface area (TPSA) is 74.2 Å². The lowest BCUT2D eigenvalue weighted by Gasteiger charge is -2.36. The molecule has 7 nitrogen and oxygen atoms in total. The van der Waals surface area contributed by atoms with E-state index in [0.717, 1.165) is 48.6 Å². The number of pyridine rings is 1. The maximum Gasteiger partial charge on any atom is 0.255 e. The van der Waals surface area contributed by atoms with Crippen LogP contribution in [0.3, 0.4) is 0 Å². The summed E-state index contributed by atoms with van der Waals surface area (Å²) in [5.74, 6) is -0.0275. The highest BCUT2D eigenvalue weighted by molar-refractivity contribution is 6.04. The molecule has 0 aliphatic carbocycles. The first-order valence-electron chi connectivity index (χ1n) is 12.5. The van der Waals surface area contributed by atoms with Gasteiger partial charge in [0.2, 0.25) is 0 Å². The first kappa shape index (κ1) is 23.5. The Morgan fingerprint density at radius 1 is 0.789 bits per heavy atom. The van der Waals surface area contributed by atoms with E-state index in [4.69, 9.17) is 4.98 Å². The Hall–Kier alpha value is -4.85. The van der Waals surface area contributed by atoms with Gasteiger partial charge in [-0.3, -0.25) is 14.8 Å². The fraction of sp³-hybridized carbons (Fsp3) is 0.133. The standard InChI is InChI=1S/C30H25FN6O/c31-25-18-22(6-8-26(25)35-30(38)21-4-2-1-3-5-21)23-7-9-27-28(19-23)34-29(20-33-27)37-16-14-36(15-17-37)24-10-12-32-13-11-24/h1-13,18-20H,14-17H2,(H,35,38). The number of nitrogens with one attached hydrogen (secondary N) is 1. The molecule has 6 rings (SSSR count). The van der Waals surface area contributed by atoms with Gasteiger partial charge in [0.1, 0.15) is 11.6 Å². The van der Waals surface area contributed by atoms with Crippen LogP contribution in [0.4, 0.5) is 21.6 Å². The lowest BCUT2D eigenvalue weighted by atomic mass is 10.0. The van der Waals surface area contributed by atoms with Gasteiger partial charge in [-0.2, -0.15) is 0 Å². The van der Waals surface area contributed by atoms with E-state index in [1.807, 2.05) is 55.0 Å². The summed E-state index contributed by atoms with van der Waals surface area (Å²) < 4.78 is 14.9. The Balaban J connectivity index is 1.19. The number of rotatable bonds is 5. The first-order chi connectivity index (χ1) is 18.6. The van der Waals surface area contributed by atoms with Crippen molar-refractivity contribution in [2.75, 3.05) is 41.3 Å². The maximum absolute atomic E-state index is 14.9. The second-order valence-electron chi connectivity index (χ2n) is 9.13. The number of carbonyl (C=O) groups excluding carboxylic acids is 1. The molecule has 3 aromatic carbocycles. The van der Waals surface area contributed by atoms with Gasteiger partial charge in [0.15, 0.2) is 0 Å².